The molecule has 4 aliphatic rings. The smallest absolute Gasteiger partial charge is 0.264 e. The summed E-state index contributed by atoms with van der Waals surface area (Å²) in [6, 6.07) is 35.7. The molecule has 0 N–H and O–H groups in total. The van der Waals surface area contributed by atoms with E-state index >= 15 is 0 Å². The third kappa shape index (κ3) is 6.32. The highest BCUT2D eigenvalue weighted by atomic mass is 32.1. The fourth-order valence-corrected chi connectivity index (χ4v) is 12.8. The minimum atomic E-state index is -0.0123. The van der Waals surface area contributed by atoms with E-state index in [1.165, 1.54) is 117 Å². The van der Waals surface area contributed by atoms with Crippen molar-refractivity contribution in [1.82, 2.24) is 0 Å². The van der Waals surface area contributed by atoms with Gasteiger partial charge in [-0.1, -0.05) is 123 Å². The number of hydrogen-bond acceptors (Lipinski definition) is 3. The number of allylic oxidation sites excluding steroid dienone is 4. The molecule has 0 spiro atoms. The maximum absolute atomic E-state index is 2.75. The summed E-state index contributed by atoms with van der Waals surface area (Å²) in [5, 5.41) is 1.37. The van der Waals surface area contributed by atoms with Gasteiger partial charge in [0.2, 0.25) is 0 Å². The minimum Gasteiger partial charge on any atom is -0.315 e. The highest BCUT2D eigenvalue weighted by Gasteiger charge is 2.52. The van der Waals surface area contributed by atoms with Crippen LogP contribution in [0.5, 0.6) is 0 Å². The summed E-state index contributed by atoms with van der Waals surface area (Å²) in [6.45, 7) is 33.6. The van der Waals surface area contributed by atoms with Crippen molar-refractivity contribution < 1.29 is 0 Å². The zero-order valence-electron chi connectivity index (χ0n) is 39.8. The van der Waals surface area contributed by atoms with Crippen molar-refractivity contribution in [2.45, 2.75) is 127 Å². The number of thiophene rings is 1. The summed E-state index contributed by atoms with van der Waals surface area (Å²) >= 11 is 2.04. The number of nitrogens with zero attached hydrogens (tertiary/aromatic N) is 2. The van der Waals surface area contributed by atoms with Crippen LogP contribution in [0.4, 0.5) is 28.4 Å². The van der Waals surface area contributed by atoms with Gasteiger partial charge in [0.05, 0.1) is 5.69 Å². The quantitative estimate of drug-likeness (QED) is 0.164. The molecule has 2 nitrogen and oxygen atoms in total. The number of hydrogen-bond donors (Lipinski definition) is 0. The van der Waals surface area contributed by atoms with Crippen LogP contribution in [0.3, 0.4) is 0 Å². The van der Waals surface area contributed by atoms with Gasteiger partial charge in [0, 0.05) is 43.3 Å². The molecule has 1 fully saturated rings. The Bertz CT molecular complexity index is 2890. The number of anilines is 5. The average Bonchev–Trinajstić information content (AvgIpc) is 3.56. The van der Waals surface area contributed by atoms with E-state index in [1.54, 1.807) is 5.57 Å². The summed E-state index contributed by atoms with van der Waals surface area (Å²) in [4.78, 5) is 5.41. The fraction of sp³-hybridized carbons (Fsp3) is 0.379. The average molecular weight is 833 g/mol. The summed E-state index contributed by atoms with van der Waals surface area (Å²) in [5.41, 5.74) is 23.6. The van der Waals surface area contributed by atoms with Gasteiger partial charge >= 0.3 is 0 Å². The Kier molecular flexibility index (Phi) is 9.21. The van der Waals surface area contributed by atoms with E-state index in [1.807, 2.05) is 11.3 Å². The molecule has 316 valence electrons. The van der Waals surface area contributed by atoms with Crippen LogP contribution >= 0.6 is 11.3 Å². The van der Waals surface area contributed by atoms with Crippen LogP contribution in [0.2, 0.25) is 0 Å². The first-order valence-electron chi connectivity index (χ1n) is 23.2. The van der Waals surface area contributed by atoms with Gasteiger partial charge in [-0.25, -0.2) is 0 Å². The third-order valence-electron chi connectivity index (χ3n) is 15.5. The first kappa shape index (κ1) is 41.2. The normalized spacial score (nSPS) is 19.0. The first-order chi connectivity index (χ1) is 29.1. The topological polar surface area (TPSA) is 6.48 Å². The van der Waals surface area contributed by atoms with Crippen LogP contribution in [0.1, 0.15) is 122 Å². The molecule has 0 amide bonds. The van der Waals surface area contributed by atoms with Crippen LogP contribution in [0.15, 0.2) is 114 Å². The molecule has 10 rings (SSSR count). The number of benzene rings is 5. The molecule has 1 atom stereocenters. The lowest BCUT2D eigenvalue weighted by Gasteiger charge is -2.53. The predicted molar refractivity (Wildman–Crippen MR) is 272 cm³/mol. The zero-order valence-corrected chi connectivity index (χ0v) is 40.6. The van der Waals surface area contributed by atoms with Gasteiger partial charge in [-0.15, -0.1) is 11.3 Å². The second kappa shape index (κ2) is 13.9. The Morgan fingerprint density at radius 2 is 1.31 bits per heavy atom. The maximum Gasteiger partial charge on any atom is 0.264 e. The molecule has 2 aliphatic carbocycles. The molecule has 6 aromatic rings. The van der Waals surface area contributed by atoms with E-state index in [2.05, 4.69) is 204 Å². The van der Waals surface area contributed by atoms with E-state index in [-0.39, 0.29) is 28.4 Å². The molecule has 1 aromatic heterocycles. The zero-order chi connectivity index (χ0) is 44.0. The Hall–Kier alpha value is -4.80. The van der Waals surface area contributed by atoms with Crippen molar-refractivity contribution >= 4 is 66.8 Å². The lowest BCUT2D eigenvalue weighted by Crippen LogP contribution is -2.56. The molecule has 4 heteroatoms. The molecule has 2 aliphatic heterocycles. The summed E-state index contributed by atoms with van der Waals surface area (Å²) in [5.74, 6) is 0.479. The molecular weight excluding hydrogens is 768 g/mol. The lowest BCUT2D eigenvalue weighted by atomic mass is 9.34. The second-order valence-corrected chi connectivity index (χ2v) is 23.9. The SMILES string of the molecule is Cc1cc2sc3c(c2cc1C)N(c1cc(C(C)(C)C)cc(C(C)(C)C)c1)c1cccc2c1B3C1=C(CC3C(=C1)C(C)(C)CCC3(C)C)N2c1ccc(-c2ccccc2C)cc1C. The minimum absolute atomic E-state index is 0.0123. The van der Waals surface area contributed by atoms with Crippen molar-refractivity contribution in [3.8, 4) is 11.1 Å². The van der Waals surface area contributed by atoms with E-state index in [9.17, 15) is 0 Å². The number of rotatable bonds is 3. The molecule has 1 unspecified atom stereocenters. The van der Waals surface area contributed by atoms with Gasteiger partial charge in [-0.3, -0.25) is 0 Å². The van der Waals surface area contributed by atoms with Crippen molar-refractivity contribution in [1.29, 1.82) is 0 Å². The van der Waals surface area contributed by atoms with Gasteiger partial charge in [-0.2, -0.15) is 0 Å². The lowest BCUT2D eigenvalue weighted by molar-refractivity contribution is 0.121. The van der Waals surface area contributed by atoms with Gasteiger partial charge in [0.15, 0.2) is 0 Å². The van der Waals surface area contributed by atoms with Crippen molar-refractivity contribution in [3.63, 3.8) is 0 Å². The summed E-state index contributed by atoms with van der Waals surface area (Å²) in [7, 11) is 0. The van der Waals surface area contributed by atoms with E-state index in [4.69, 9.17) is 0 Å². The van der Waals surface area contributed by atoms with E-state index in [0.29, 0.717) is 5.92 Å². The number of fused-ring (bicyclic) bond motifs is 6. The van der Waals surface area contributed by atoms with Crippen LogP contribution in [-0.4, -0.2) is 6.71 Å². The van der Waals surface area contributed by atoms with Crippen LogP contribution in [0.25, 0.3) is 21.2 Å². The highest BCUT2D eigenvalue weighted by molar-refractivity contribution is 7.33. The van der Waals surface area contributed by atoms with Gasteiger partial charge in [0.25, 0.3) is 6.71 Å². The van der Waals surface area contributed by atoms with Crippen molar-refractivity contribution in [3.05, 3.63) is 147 Å². The van der Waals surface area contributed by atoms with E-state index < -0.39 is 0 Å². The Labute approximate surface area is 376 Å². The maximum atomic E-state index is 2.75. The molecule has 5 aromatic carbocycles. The largest absolute Gasteiger partial charge is 0.315 e. The molecule has 3 heterocycles. The van der Waals surface area contributed by atoms with Crippen LogP contribution in [0, 0.1) is 44.4 Å². The van der Waals surface area contributed by atoms with Crippen molar-refractivity contribution in [2.75, 3.05) is 9.80 Å². The van der Waals surface area contributed by atoms with Gasteiger partial charge in [-0.05, 0) is 179 Å². The second-order valence-electron chi connectivity index (χ2n) is 22.8. The standard InChI is InChI=1S/C58H65BN2S/c1-34-18-15-16-19-42(34)38-22-23-47(37(4)26-38)61-49-21-17-20-48-52(49)59(46-32-44-45(33-50(46)61)58(13,14)25-24-57(44,11)12)54-53(43-27-35(2)36(3)28-51(43)62-54)60(48)41-30-39(55(5,6)7)29-40(31-41)56(8,9)10/h15-23,26-32,45H,24-25,33H2,1-14H3. The Balaban J connectivity index is 1.31. The number of aryl methyl sites for hydroxylation is 4. The van der Waals surface area contributed by atoms with E-state index in [0.717, 1.165) is 6.42 Å². The third-order valence-corrected chi connectivity index (χ3v) is 16.7. The van der Waals surface area contributed by atoms with Crippen molar-refractivity contribution in [2.24, 2.45) is 16.7 Å². The summed E-state index contributed by atoms with van der Waals surface area (Å²) in [6.07, 6.45) is 6.26. The van der Waals surface area contributed by atoms with Gasteiger partial charge in [0.1, 0.15) is 0 Å². The fourth-order valence-electron chi connectivity index (χ4n) is 11.4. The van der Waals surface area contributed by atoms with Crippen LogP contribution in [-0.2, 0) is 10.8 Å². The molecule has 0 bridgehead atoms. The monoisotopic (exact) mass is 832 g/mol. The van der Waals surface area contributed by atoms with Gasteiger partial charge < -0.3 is 9.80 Å². The highest BCUT2D eigenvalue weighted by Crippen LogP contribution is 2.59. The first-order valence-corrected chi connectivity index (χ1v) is 24.0. The Morgan fingerprint density at radius 3 is 1.97 bits per heavy atom. The molecule has 0 radical (unpaired) electrons. The Morgan fingerprint density at radius 1 is 0.645 bits per heavy atom. The molecular formula is C58H65BN2S. The molecule has 0 saturated heterocycles. The molecule has 1 saturated carbocycles. The summed E-state index contributed by atoms with van der Waals surface area (Å²) < 4.78 is 2.86. The predicted octanol–water partition coefficient (Wildman–Crippen LogP) is 15.5. The molecule has 62 heavy (non-hydrogen) atoms. The van der Waals surface area contributed by atoms with Crippen LogP contribution < -0.4 is 20.0 Å².